The molecule has 0 atom stereocenters. The molecule has 0 saturated carbocycles. The standard InChI is InChI=1S/C27H33NO/c1-25(2,3)27(6,7)19-26(4,5)24(29)28-18-22-14-9-8-12-20(22)16-17-21-13-10-11-15-23(21)28/h8-15H,18-19H2,1-7H3. The van der Waals surface area contributed by atoms with Gasteiger partial charge >= 0.3 is 0 Å². The number of carbonyl (C=O) groups is 1. The number of rotatable bonds is 3. The number of fused-ring (bicyclic) bond motifs is 2. The molecule has 0 saturated heterocycles. The second-order valence-corrected chi connectivity index (χ2v) is 10.5. The summed E-state index contributed by atoms with van der Waals surface area (Å²) in [6.45, 7) is 16.0. The van der Waals surface area contributed by atoms with E-state index in [4.69, 9.17) is 0 Å². The van der Waals surface area contributed by atoms with Gasteiger partial charge in [-0.05, 0) is 41.0 Å². The van der Waals surface area contributed by atoms with Crippen LogP contribution in [0.2, 0.25) is 0 Å². The first-order valence-corrected chi connectivity index (χ1v) is 10.4. The third-order valence-electron chi connectivity index (χ3n) is 6.61. The Labute approximate surface area is 176 Å². The maximum absolute atomic E-state index is 13.9. The molecule has 1 heterocycles. The summed E-state index contributed by atoms with van der Waals surface area (Å²) in [7, 11) is 0. The van der Waals surface area contributed by atoms with Crippen molar-refractivity contribution in [3.05, 3.63) is 65.2 Å². The minimum absolute atomic E-state index is 0.0200. The van der Waals surface area contributed by atoms with E-state index in [0.29, 0.717) is 6.54 Å². The molecular weight excluding hydrogens is 354 g/mol. The fraction of sp³-hybridized carbons (Fsp3) is 0.444. The zero-order valence-corrected chi connectivity index (χ0v) is 18.9. The van der Waals surface area contributed by atoms with Crippen LogP contribution in [0.15, 0.2) is 48.5 Å². The Hall–Kier alpha value is -2.53. The first kappa shape index (κ1) is 21.2. The molecule has 1 amide bonds. The Morgan fingerprint density at radius 3 is 2.07 bits per heavy atom. The molecule has 0 radical (unpaired) electrons. The van der Waals surface area contributed by atoms with Crippen LogP contribution < -0.4 is 4.90 Å². The van der Waals surface area contributed by atoms with Gasteiger partial charge in [-0.2, -0.15) is 0 Å². The summed E-state index contributed by atoms with van der Waals surface area (Å²) in [4.78, 5) is 15.9. The van der Waals surface area contributed by atoms with Crippen LogP contribution in [0.4, 0.5) is 5.69 Å². The number of para-hydroxylation sites is 1. The van der Waals surface area contributed by atoms with Crippen molar-refractivity contribution in [3.63, 3.8) is 0 Å². The van der Waals surface area contributed by atoms with E-state index >= 15 is 0 Å². The van der Waals surface area contributed by atoms with Crippen molar-refractivity contribution in [2.24, 2.45) is 16.2 Å². The van der Waals surface area contributed by atoms with Gasteiger partial charge in [-0.25, -0.2) is 0 Å². The lowest BCUT2D eigenvalue weighted by atomic mass is 9.62. The normalized spacial score (nSPS) is 14.1. The highest BCUT2D eigenvalue weighted by Gasteiger charge is 2.43. The van der Waals surface area contributed by atoms with Crippen molar-refractivity contribution in [1.82, 2.24) is 0 Å². The van der Waals surface area contributed by atoms with Crippen LogP contribution in [0.1, 0.15) is 71.6 Å². The topological polar surface area (TPSA) is 20.3 Å². The lowest BCUT2D eigenvalue weighted by Gasteiger charge is -2.45. The molecule has 0 unspecified atom stereocenters. The van der Waals surface area contributed by atoms with Crippen LogP contribution in [-0.2, 0) is 11.3 Å². The fourth-order valence-electron chi connectivity index (χ4n) is 3.98. The van der Waals surface area contributed by atoms with Crippen molar-refractivity contribution < 1.29 is 4.79 Å². The van der Waals surface area contributed by atoms with Crippen molar-refractivity contribution in [1.29, 1.82) is 0 Å². The van der Waals surface area contributed by atoms with Crippen LogP contribution in [0, 0.1) is 28.1 Å². The molecule has 0 fully saturated rings. The number of hydrogen-bond donors (Lipinski definition) is 0. The van der Waals surface area contributed by atoms with E-state index in [0.717, 1.165) is 28.8 Å². The van der Waals surface area contributed by atoms with Crippen LogP contribution in [-0.4, -0.2) is 5.91 Å². The summed E-state index contributed by atoms with van der Waals surface area (Å²) < 4.78 is 0. The van der Waals surface area contributed by atoms with Gasteiger partial charge in [0.1, 0.15) is 0 Å². The Morgan fingerprint density at radius 2 is 1.41 bits per heavy atom. The van der Waals surface area contributed by atoms with Crippen molar-refractivity contribution in [2.45, 2.75) is 61.4 Å². The smallest absolute Gasteiger partial charge is 0.233 e. The predicted molar refractivity (Wildman–Crippen MR) is 122 cm³/mol. The quantitative estimate of drug-likeness (QED) is 0.556. The van der Waals surface area contributed by atoms with Crippen molar-refractivity contribution in [2.75, 3.05) is 4.90 Å². The highest BCUT2D eigenvalue weighted by Crippen LogP contribution is 2.47. The third-order valence-corrected chi connectivity index (χ3v) is 6.61. The van der Waals surface area contributed by atoms with Gasteiger partial charge in [-0.1, -0.05) is 90.6 Å². The second-order valence-electron chi connectivity index (χ2n) is 10.5. The fourth-order valence-corrected chi connectivity index (χ4v) is 3.98. The highest BCUT2D eigenvalue weighted by atomic mass is 16.2. The van der Waals surface area contributed by atoms with Crippen molar-refractivity contribution >= 4 is 11.6 Å². The Kier molecular flexibility index (Phi) is 5.39. The monoisotopic (exact) mass is 387 g/mol. The van der Waals surface area contributed by atoms with E-state index in [2.05, 4.69) is 66.4 Å². The number of amides is 1. The molecule has 152 valence electrons. The number of benzene rings is 2. The van der Waals surface area contributed by atoms with E-state index in [9.17, 15) is 4.79 Å². The van der Waals surface area contributed by atoms with Gasteiger partial charge in [0.05, 0.1) is 12.2 Å². The molecule has 2 aromatic rings. The van der Waals surface area contributed by atoms with Crippen LogP contribution in [0.3, 0.4) is 0 Å². The van der Waals surface area contributed by atoms with Gasteiger partial charge in [0.2, 0.25) is 5.91 Å². The molecule has 3 rings (SSSR count). The molecule has 1 aliphatic rings. The minimum Gasteiger partial charge on any atom is -0.306 e. The molecule has 0 N–H and O–H groups in total. The lowest BCUT2D eigenvalue weighted by molar-refractivity contribution is -0.129. The SMILES string of the molecule is CC(C)(CC(C)(C)C(C)(C)C)C(=O)N1Cc2ccccc2C#Cc2ccccc21. The number of nitrogens with zero attached hydrogens (tertiary/aromatic N) is 1. The van der Waals surface area contributed by atoms with E-state index < -0.39 is 5.41 Å². The second kappa shape index (κ2) is 7.38. The van der Waals surface area contributed by atoms with Gasteiger partial charge in [0.25, 0.3) is 0 Å². The molecule has 0 spiro atoms. The molecule has 2 heteroatoms. The maximum atomic E-state index is 13.9. The molecular formula is C27H33NO. The van der Waals surface area contributed by atoms with E-state index in [1.165, 1.54) is 0 Å². The van der Waals surface area contributed by atoms with E-state index in [1.807, 2.05) is 47.4 Å². The lowest BCUT2D eigenvalue weighted by Crippen LogP contribution is -2.45. The van der Waals surface area contributed by atoms with Gasteiger partial charge < -0.3 is 4.90 Å². The predicted octanol–water partition coefficient (Wildman–Crippen LogP) is 6.42. The summed E-state index contributed by atoms with van der Waals surface area (Å²) in [6.07, 6.45) is 0.814. The molecule has 1 aliphatic heterocycles. The zero-order valence-electron chi connectivity index (χ0n) is 18.9. The Bertz CT molecular complexity index is 979. The van der Waals surface area contributed by atoms with Gasteiger partial charge in [-0.15, -0.1) is 0 Å². The summed E-state index contributed by atoms with van der Waals surface area (Å²) in [5, 5.41) is 0. The van der Waals surface area contributed by atoms with Gasteiger partial charge in [-0.3, -0.25) is 4.79 Å². The third kappa shape index (κ3) is 4.25. The summed E-state index contributed by atoms with van der Waals surface area (Å²) >= 11 is 0. The van der Waals surface area contributed by atoms with Crippen molar-refractivity contribution in [3.8, 4) is 11.8 Å². The van der Waals surface area contributed by atoms with Crippen LogP contribution in [0.5, 0.6) is 0 Å². The maximum Gasteiger partial charge on any atom is 0.233 e. The first-order chi connectivity index (χ1) is 13.4. The Morgan fingerprint density at radius 1 is 0.862 bits per heavy atom. The number of carbonyl (C=O) groups excluding carboxylic acids is 1. The zero-order chi connectivity index (χ0) is 21.4. The largest absolute Gasteiger partial charge is 0.306 e. The molecule has 29 heavy (non-hydrogen) atoms. The van der Waals surface area contributed by atoms with Gasteiger partial charge in [0.15, 0.2) is 0 Å². The molecule has 0 aromatic heterocycles. The minimum atomic E-state index is -0.495. The summed E-state index contributed by atoms with van der Waals surface area (Å²) in [6, 6.07) is 16.1. The number of hydrogen-bond acceptors (Lipinski definition) is 1. The first-order valence-electron chi connectivity index (χ1n) is 10.4. The molecule has 2 nitrogen and oxygen atoms in total. The molecule has 2 aromatic carbocycles. The average Bonchev–Trinajstić information content (AvgIpc) is 2.61. The summed E-state index contributed by atoms with van der Waals surface area (Å²) in [5.41, 5.74) is 3.53. The highest BCUT2D eigenvalue weighted by molar-refractivity contribution is 5.98. The van der Waals surface area contributed by atoms with E-state index in [1.54, 1.807) is 0 Å². The molecule has 0 bridgehead atoms. The summed E-state index contributed by atoms with van der Waals surface area (Å²) in [5.74, 6) is 6.73. The molecule has 0 aliphatic carbocycles. The van der Waals surface area contributed by atoms with Crippen LogP contribution in [0.25, 0.3) is 0 Å². The number of anilines is 1. The van der Waals surface area contributed by atoms with Crippen LogP contribution >= 0.6 is 0 Å². The van der Waals surface area contributed by atoms with Gasteiger partial charge in [0, 0.05) is 16.5 Å². The van der Waals surface area contributed by atoms with E-state index in [-0.39, 0.29) is 16.7 Å². The average molecular weight is 388 g/mol. The Balaban J connectivity index is 2.05.